The molecule has 4 bridgehead atoms. The molecule has 1 aliphatic carbocycles. The minimum Gasteiger partial charge on any atom is -0.508 e. The van der Waals surface area contributed by atoms with Gasteiger partial charge >= 0.3 is 6.01 Å². The lowest BCUT2D eigenvalue weighted by atomic mass is 9.96. The Morgan fingerprint density at radius 1 is 1.06 bits per heavy atom. The summed E-state index contributed by atoms with van der Waals surface area (Å²) in [6, 6.07) is 11.7. The van der Waals surface area contributed by atoms with E-state index in [1.165, 1.54) is 12.8 Å². The van der Waals surface area contributed by atoms with Crippen LogP contribution in [0.4, 0.5) is 10.2 Å². The van der Waals surface area contributed by atoms with E-state index in [4.69, 9.17) is 31.0 Å². The van der Waals surface area contributed by atoms with Gasteiger partial charge in [0.15, 0.2) is 5.82 Å². The number of fused-ring (bicyclic) bond motifs is 6. The number of benzene rings is 2. The number of nitrogens with zero attached hydrogens (tertiary/aromatic N) is 4. The topological polar surface area (TPSA) is 83.0 Å². The van der Waals surface area contributed by atoms with Crippen molar-refractivity contribution in [2.24, 2.45) is 5.92 Å². The molecule has 47 heavy (non-hydrogen) atoms. The number of nitrogens with one attached hydrogen (secondary N) is 1. The zero-order valence-electron chi connectivity index (χ0n) is 26.9. The molecule has 4 fully saturated rings. The van der Waals surface area contributed by atoms with Gasteiger partial charge in [-0.1, -0.05) is 42.8 Å². The fourth-order valence-electron chi connectivity index (χ4n) is 8.39. The molecule has 8 nitrogen and oxygen atoms in total. The first-order valence-electron chi connectivity index (χ1n) is 17.3. The number of piperazine rings is 1. The van der Waals surface area contributed by atoms with Crippen LogP contribution in [-0.4, -0.2) is 83.6 Å². The number of rotatable bonds is 7. The molecule has 4 aliphatic heterocycles. The maximum absolute atomic E-state index is 16.9. The first kappa shape index (κ1) is 31.1. The Labute approximate surface area is 280 Å². The summed E-state index contributed by atoms with van der Waals surface area (Å²) in [5.74, 6) is 0.461. The predicted octanol–water partition coefficient (Wildman–Crippen LogP) is 6.56. The van der Waals surface area contributed by atoms with E-state index >= 15 is 4.39 Å². The summed E-state index contributed by atoms with van der Waals surface area (Å²) in [7, 11) is 0. The Hall–Kier alpha value is -3.24. The van der Waals surface area contributed by atoms with Gasteiger partial charge in [-0.3, -0.25) is 4.90 Å². The Balaban J connectivity index is 1.14. The highest BCUT2D eigenvalue weighted by atomic mass is 35.5. The average Bonchev–Trinajstić information content (AvgIpc) is 3.51. The zero-order valence-corrected chi connectivity index (χ0v) is 27.7. The molecule has 5 unspecified atom stereocenters. The van der Waals surface area contributed by atoms with Crippen LogP contribution in [0.3, 0.4) is 0 Å². The van der Waals surface area contributed by atoms with Crippen LogP contribution in [0.25, 0.3) is 22.6 Å². The van der Waals surface area contributed by atoms with Crippen LogP contribution in [0.5, 0.6) is 6.01 Å². The van der Waals surface area contributed by atoms with Crippen LogP contribution in [-0.2, 0) is 11.2 Å². The molecule has 248 valence electrons. The maximum atomic E-state index is 16.9. The van der Waals surface area contributed by atoms with Gasteiger partial charge < -0.3 is 24.8 Å². The lowest BCUT2D eigenvalue weighted by Gasteiger charge is -2.36. The molecule has 0 spiro atoms. The van der Waals surface area contributed by atoms with Crippen LogP contribution in [0.1, 0.15) is 62.1 Å². The van der Waals surface area contributed by atoms with Gasteiger partial charge in [0.2, 0.25) is 0 Å². The van der Waals surface area contributed by atoms with E-state index in [0.717, 1.165) is 69.7 Å². The highest BCUT2D eigenvalue weighted by Crippen LogP contribution is 2.40. The molecule has 5 heterocycles. The normalized spacial score (nSPS) is 28.9. The second kappa shape index (κ2) is 13.0. The number of ether oxygens (including phenoxy) is 2. The van der Waals surface area contributed by atoms with Crippen molar-refractivity contribution < 1.29 is 19.0 Å². The Morgan fingerprint density at radius 2 is 1.83 bits per heavy atom. The van der Waals surface area contributed by atoms with E-state index in [9.17, 15) is 5.11 Å². The second-order valence-corrected chi connectivity index (χ2v) is 14.5. The number of anilines is 1. The molecule has 5 aliphatic rings. The number of hydrogen-bond donors (Lipinski definition) is 2. The van der Waals surface area contributed by atoms with E-state index in [2.05, 4.69) is 28.1 Å². The molecular formula is C37H43ClFN5O3. The lowest BCUT2D eigenvalue weighted by molar-refractivity contribution is -0.0229. The van der Waals surface area contributed by atoms with Crippen molar-refractivity contribution in [3.05, 3.63) is 69.7 Å². The van der Waals surface area contributed by atoms with Crippen LogP contribution < -0.4 is 15.0 Å². The summed E-state index contributed by atoms with van der Waals surface area (Å²) in [6.07, 6.45) is 10.1. The molecule has 2 N–H and O–H groups in total. The van der Waals surface area contributed by atoms with Gasteiger partial charge in [0.25, 0.3) is 0 Å². The van der Waals surface area contributed by atoms with E-state index in [1.54, 1.807) is 18.2 Å². The van der Waals surface area contributed by atoms with Crippen LogP contribution >= 0.6 is 11.6 Å². The van der Waals surface area contributed by atoms with Gasteiger partial charge in [-0.15, -0.1) is 0 Å². The molecule has 0 saturated carbocycles. The minimum atomic E-state index is -0.507. The molecule has 0 amide bonds. The number of hydrogen-bond acceptors (Lipinski definition) is 8. The van der Waals surface area contributed by atoms with E-state index < -0.39 is 5.82 Å². The standard InChI is InChI=1S/C37H43ClFN5O3/c1-22(16-44-28-11-12-29(44)21-46-20-28)19-47-37-41-35-31(36(42-37)43-17-26-9-10-27(18-43)40-26)15-32(38)33(34(35)39)25-8-4-7-23-5-2-3-6-24(23)13-30(45)14-25/h2-3,5-6,13-15,22,26-29,40,45H,4,7-12,16-21H2,1H3/b25-14+,30-13+. The van der Waals surface area contributed by atoms with Crippen LogP contribution in [0.15, 0.2) is 42.2 Å². The number of morpholine rings is 1. The molecule has 0 radical (unpaired) electrons. The molecular weight excluding hydrogens is 617 g/mol. The number of aliphatic hydroxyl groups excluding tert-OH is 1. The molecule has 5 atom stereocenters. The lowest BCUT2D eigenvalue weighted by Crippen LogP contribution is -2.51. The third kappa shape index (κ3) is 6.23. The molecule has 2 aromatic carbocycles. The van der Waals surface area contributed by atoms with Gasteiger partial charge in [0, 0.05) is 60.7 Å². The van der Waals surface area contributed by atoms with Gasteiger partial charge in [0.1, 0.15) is 17.1 Å². The minimum absolute atomic E-state index is 0.0660. The van der Waals surface area contributed by atoms with Crippen molar-refractivity contribution in [1.29, 1.82) is 0 Å². The number of allylic oxidation sites excluding steroid dienone is 2. The quantitative estimate of drug-likeness (QED) is 0.295. The van der Waals surface area contributed by atoms with E-state index in [-0.39, 0.29) is 33.8 Å². The SMILES string of the molecule is CC(COc1nc(N2CC3CCC(C2)N3)c2cc(Cl)c(/C3=C/C(O)=C\c4ccccc4CCC3)c(F)c2n1)CN1C2CCC1COC2. The van der Waals surface area contributed by atoms with Crippen LogP contribution in [0.2, 0.25) is 5.02 Å². The summed E-state index contributed by atoms with van der Waals surface area (Å²) in [4.78, 5) is 14.4. The smallest absolute Gasteiger partial charge is 0.319 e. The van der Waals surface area contributed by atoms with Crippen molar-refractivity contribution in [2.45, 2.75) is 76.0 Å². The largest absolute Gasteiger partial charge is 0.508 e. The third-order valence-corrected chi connectivity index (χ3v) is 11.0. The molecule has 8 rings (SSSR count). The van der Waals surface area contributed by atoms with Crippen molar-refractivity contribution in [1.82, 2.24) is 20.2 Å². The number of aliphatic hydroxyl groups is 1. The van der Waals surface area contributed by atoms with E-state index in [1.807, 2.05) is 18.2 Å². The number of aryl methyl sites for hydroxylation is 1. The summed E-state index contributed by atoms with van der Waals surface area (Å²) >= 11 is 6.94. The summed E-state index contributed by atoms with van der Waals surface area (Å²) in [5, 5.41) is 15.5. The first-order chi connectivity index (χ1) is 22.9. The fourth-order valence-corrected chi connectivity index (χ4v) is 8.70. The van der Waals surface area contributed by atoms with E-state index in [0.29, 0.717) is 54.0 Å². The fraction of sp³-hybridized carbons (Fsp3) is 0.514. The second-order valence-electron chi connectivity index (χ2n) is 14.1. The summed E-state index contributed by atoms with van der Waals surface area (Å²) in [6.45, 7) is 6.70. The van der Waals surface area contributed by atoms with Crippen LogP contribution in [0, 0.1) is 11.7 Å². The molecule has 4 saturated heterocycles. The zero-order chi connectivity index (χ0) is 32.1. The Morgan fingerprint density at radius 3 is 2.62 bits per heavy atom. The first-order valence-corrected chi connectivity index (χ1v) is 17.6. The van der Waals surface area contributed by atoms with Crippen molar-refractivity contribution in [3.8, 4) is 6.01 Å². The maximum Gasteiger partial charge on any atom is 0.319 e. The van der Waals surface area contributed by atoms with Crippen molar-refractivity contribution in [3.63, 3.8) is 0 Å². The summed E-state index contributed by atoms with van der Waals surface area (Å²) < 4.78 is 29.0. The Kier molecular flexibility index (Phi) is 8.58. The predicted molar refractivity (Wildman–Crippen MR) is 184 cm³/mol. The highest BCUT2D eigenvalue weighted by molar-refractivity contribution is 6.33. The van der Waals surface area contributed by atoms with Gasteiger partial charge in [-0.25, -0.2) is 4.39 Å². The Bertz CT molecular complexity index is 1700. The third-order valence-electron chi connectivity index (χ3n) is 10.7. The monoisotopic (exact) mass is 659 g/mol. The highest BCUT2D eigenvalue weighted by Gasteiger charge is 2.38. The molecule has 3 aromatic rings. The van der Waals surface area contributed by atoms with Gasteiger partial charge in [-0.2, -0.15) is 9.97 Å². The van der Waals surface area contributed by atoms with Crippen molar-refractivity contribution in [2.75, 3.05) is 44.4 Å². The average molecular weight is 660 g/mol. The van der Waals surface area contributed by atoms with Crippen molar-refractivity contribution >= 4 is 40.0 Å². The molecule has 1 aromatic heterocycles. The van der Waals surface area contributed by atoms with Gasteiger partial charge in [-0.05, 0) is 79.9 Å². The van der Waals surface area contributed by atoms with Gasteiger partial charge in [0.05, 0.1) is 24.8 Å². The summed E-state index contributed by atoms with van der Waals surface area (Å²) in [5.41, 5.74) is 3.23. The molecule has 10 heteroatoms. The number of aromatic nitrogens is 2. The number of halogens is 2.